The molecule has 3 aromatic heterocycles. The monoisotopic (exact) mass is 419 g/mol. The number of hydrogen-bond acceptors (Lipinski definition) is 6. The Kier molecular flexibility index (Phi) is 5.52. The Labute approximate surface area is 184 Å². The Balaban J connectivity index is 1.34. The number of hydrogen-bond donors (Lipinski definition) is 1. The molecule has 0 aromatic carbocycles. The van der Waals surface area contributed by atoms with Crippen LogP contribution in [0.3, 0.4) is 0 Å². The Bertz CT molecular complexity index is 1060. The fourth-order valence-corrected chi connectivity index (χ4v) is 5.13. The van der Waals surface area contributed by atoms with Gasteiger partial charge in [0.1, 0.15) is 0 Å². The van der Waals surface area contributed by atoms with Crippen molar-refractivity contribution in [1.82, 2.24) is 25.1 Å². The summed E-state index contributed by atoms with van der Waals surface area (Å²) in [4.78, 5) is 14.7. The number of nitrogens with zero attached hydrogens (tertiary/aromatic N) is 6. The Hall–Kier alpha value is -2.67. The minimum atomic E-state index is 0.538. The second kappa shape index (κ2) is 8.46. The third kappa shape index (κ3) is 3.87. The molecule has 0 unspecified atom stereocenters. The van der Waals surface area contributed by atoms with E-state index in [0.717, 1.165) is 75.3 Å². The number of nitrogens with one attached hydrogen (secondary N) is 1. The van der Waals surface area contributed by atoms with Gasteiger partial charge in [-0.25, -0.2) is 4.98 Å². The smallest absolute Gasteiger partial charge is 0.159 e. The fourth-order valence-electron chi connectivity index (χ4n) is 5.13. The minimum Gasteiger partial charge on any atom is -0.371 e. The van der Waals surface area contributed by atoms with Crippen molar-refractivity contribution in [3.05, 3.63) is 41.5 Å². The molecule has 3 aromatic rings. The summed E-state index contributed by atoms with van der Waals surface area (Å²) in [7, 11) is 1.97. The highest BCUT2D eigenvalue weighted by atomic mass is 15.3. The lowest BCUT2D eigenvalue weighted by atomic mass is 9.89. The van der Waals surface area contributed by atoms with Crippen LogP contribution in [0.15, 0.2) is 24.5 Å². The summed E-state index contributed by atoms with van der Waals surface area (Å²) in [5.74, 6) is 0.538. The van der Waals surface area contributed by atoms with Crippen LogP contribution in [-0.4, -0.2) is 59.0 Å². The van der Waals surface area contributed by atoms with Crippen LogP contribution in [0.4, 0.5) is 11.4 Å². The number of anilines is 2. The SMILES string of the molecule is CCc1cc(N2CCNCC2)cnc1C1CCN(c2cc(C)nc3c2cnn3C)CC1. The molecule has 0 radical (unpaired) electrons. The van der Waals surface area contributed by atoms with Gasteiger partial charge in [-0.1, -0.05) is 6.92 Å². The van der Waals surface area contributed by atoms with Gasteiger partial charge in [0, 0.05) is 63.6 Å². The lowest BCUT2D eigenvalue weighted by molar-refractivity contribution is 0.493. The van der Waals surface area contributed by atoms with Crippen molar-refractivity contribution in [2.75, 3.05) is 49.1 Å². The van der Waals surface area contributed by atoms with Crippen molar-refractivity contribution in [3.8, 4) is 0 Å². The predicted molar refractivity (Wildman–Crippen MR) is 126 cm³/mol. The first-order valence-corrected chi connectivity index (χ1v) is 11.6. The van der Waals surface area contributed by atoms with Gasteiger partial charge in [-0.3, -0.25) is 9.67 Å². The zero-order valence-electron chi connectivity index (χ0n) is 18.9. The van der Waals surface area contributed by atoms with Gasteiger partial charge in [0.2, 0.25) is 0 Å². The zero-order chi connectivity index (χ0) is 21.4. The molecule has 2 aliphatic heterocycles. The molecule has 31 heavy (non-hydrogen) atoms. The molecule has 2 fully saturated rings. The number of rotatable bonds is 4. The number of piperidine rings is 1. The lowest BCUT2D eigenvalue weighted by Crippen LogP contribution is -2.43. The van der Waals surface area contributed by atoms with E-state index >= 15 is 0 Å². The molecular formula is C24H33N7. The van der Waals surface area contributed by atoms with Crippen molar-refractivity contribution in [1.29, 1.82) is 0 Å². The molecule has 0 bridgehead atoms. The second-order valence-corrected chi connectivity index (χ2v) is 8.88. The zero-order valence-corrected chi connectivity index (χ0v) is 18.9. The molecule has 0 saturated carbocycles. The van der Waals surface area contributed by atoms with Crippen LogP contribution >= 0.6 is 0 Å². The topological polar surface area (TPSA) is 62.1 Å². The Morgan fingerprint density at radius 3 is 2.55 bits per heavy atom. The molecule has 0 amide bonds. The van der Waals surface area contributed by atoms with Gasteiger partial charge in [0.05, 0.1) is 29.2 Å². The van der Waals surface area contributed by atoms with Gasteiger partial charge in [0.15, 0.2) is 5.65 Å². The van der Waals surface area contributed by atoms with E-state index in [1.807, 2.05) is 17.9 Å². The highest BCUT2D eigenvalue weighted by Crippen LogP contribution is 2.35. The number of pyridine rings is 2. The number of aryl methyl sites for hydroxylation is 3. The summed E-state index contributed by atoms with van der Waals surface area (Å²) >= 11 is 0. The van der Waals surface area contributed by atoms with Crippen LogP contribution in [0.5, 0.6) is 0 Å². The molecule has 2 saturated heterocycles. The van der Waals surface area contributed by atoms with Gasteiger partial charge in [-0.2, -0.15) is 5.10 Å². The third-order valence-corrected chi connectivity index (χ3v) is 6.88. The molecular weight excluding hydrogens is 386 g/mol. The van der Waals surface area contributed by atoms with Crippen LogP contribution in [0, 0.1) is 6.92 Å². The van der Waals surface area contributed by atoms with Crippen molar-refractivity contribution in [2.24, 2.45) is 7.05 Å². The predicted octanol–water partition coefficient (Wildman–Crippen LogP) is 3.03. The standard InChI is InChI=1S/C24H33N7/c1-4-18-14-20(30-11-7-25-8-12-30)15-26-23(18)19-5-9-31(10-6-19)22-13-17(2)28-24-21(22)16-27-29(24)3/h13-16,19,25H,4-12H2,1-3H3. The Morgan fingerprint density at radius 1 is 1.03 bits per heavy atom. The van der Waals surface area contributed by atoms with Crippen LogP contribution in [0.1, 0.15) is 42.6 Å². The van der Waals surface area contributed by atoms with E-state index in [4.69, 9.17) is 4.98 Å². The number of aromatic nitrogens is 4. The molecule has 5 heterocycles. The van der Waals surface area contributed by atoms with E-state index in [2.05, 4.69) is 57.4 Å². The summed E-state index contributed by atoms with van der Waals surface area (Å²) in [5.41, 5.74) is 7.31. The largest absolute Gasteiger partial charge is 0.371 e. The summed E-state index contributed by atoms with van der Waals surface area (Å²) < 4.78 is 1.87. The van der Waals surface area contributed by atoms with E-state index in [1.54, 1.807) is 0 Å². The summed E-state index contributed by atoms with van der Waals surface area (Å²) in [6, 6.07) is 4.60. The molecule has 0 spiro atoms. The molecule has 0 atom stereocenters. The molecule has 5 rings (SSSR count). The average Bonchev–Trinajstić information content (AvgIpc) is 3.19. The van der Waals surface area contributed by atoms with Gasteiger partial charge in [-0.05, 0) is 43.9 Å². The maximum absolute atomic E-state index is 5.01. The van der Waals surface area contributed by atoms with Gasteiger partial charge in [-0.15, -0.1) is 0 Å². The number of fused-ring (bicyclic) bond motifs is 1. The summed E-state index contributed by atoms with van der Waals surface area (Å²) in [5, 5.41) is 9.02. The van der Waals surface area contributed by atoms with Crippen LogP contribution in [0.25, 0.3) is 11.0 Å². The normalized spacial score (nSPS) is 18.2. The first-order chi connectivity index (χ1) is 15.1. The molecule has 1 N–H and O–H groups in total. The first kappa shape index (κ1) is 20.2. The van der Waals surface area contributed by atoms with Crippen molar-refractivity contribution >= 4 is 22.4 Å². The molecule has 164 valence electrons. The molecule has 7 heteroatoms. The summed E-state index contributed by atoms with van der Waals surface area (Å²) in [6.07, 6.45) is 7.38. The van der Waals surface area contributed by atoms with E-state index in [9.17, 15) is 0 Å². The van der Waals surface area contributed by atoms with Crippen molar-refractivity contribution in [2.45, 2.75) is 39.0 Å². The van der Waals surface area contributed by atoms with E-state index < -0.39 is 0 Å². The Morgan fingerprint density at radius 2 is 1.81 bits per heavy atom. The quantitative estimate of drug-likeness (QED) is 0.701. The number of piperazine rings is 1. The van der Waals surface area contributed by atoms with Gasteiger partial charge >= 0.3 is 0 Å². The summed E-state index contributed by atoms with van der Waals surface area (Å²) in [6.45, 7) is 10.7. The van der Waals surface area contributed by atoms with E-state index in [0.29, 0.717) is 5.92 Å². The van der Waals surface area contributed by atoms with E-state index in [-0.39, 0.29) is 0 Å². The highest BCUT2D eigenvalue weighted by Gasteiger charge is 2.26. The van der Waals surface area contributed by atoms with Crippen molar-refractivity contribution < 1.29 is 0 Å². The fraction of sp³-hybridized carbons (Fsp3) is 0.542. The first-order valence-electron chi connectivity index (χ1n) is 11.6. The van der Waals surface area contributed by atoms with Gasteiger partial charge in [0.25, 0.3) is 0 Å². The average molecular weight is 420 g/mol. The van der Waals surface area contributed by atoms with Crippen LogP contribution in [-0.2, 0) is 13.5 Å². The van der Waals surface area contributed by atoms with Crippen molar-refractivity contribution in [3.63, 3.8) is 0 Å². The van der Waals surface area contributed by atoms with E-state index in [1.165, 1.54) is 22.6 Å². The van der Waals surface area contributed by atoms with Crippen LogP contribution in [0.2, 0.25) is 0 Å². The maximum atomic E-state index is 5.01. The third-order valence-electron chi connectivity index (χ3n) is 6.88. The molecule has 7 nitrogen and oxygen atoms in total. The molecule has 0 aliphatic carbocycles. The maximum Gasteiger partial charge on any atom is 0.159 e. The highest BCUT2D eigenvalue weighted by molar-refractivity contribution is 5.89. The van der Waals surface area contributed by atoms with Crippen LogP contribution < -0.4 is 15.1 Å². The molecule has 2 aliphatic rings. The minimum absolute atomic E-state index is 0.538. The van der Waals surface area contributed by atoms with Gasteiger partial charge < -0.3 is 15.1 Å². The lowest BCUT2D eigenvalue weighted by Gasteiger charge is -2.35. The second-order valence-electron chi connectivity index (χ2n) is 8.88.